The fourth-order valence-corrected chi connectivity index (χ4v) is 2.39. The molecular weight excluding hydrogens is 236 g/mol. The van der Waals surface area contributed by atoms with Crippen LogP contribution in [0.4, 0.5) is 5.69 Å². The van der Waals surface area contributed by atoms with Crippen molar-refractivity contribution in [1.82, 2.24) is 15.1 Å². The Morgan fingerprint density at radius 3 is 2.68 bits per heavy atom. The highest BCUT2D eigenvalue weighted by Gasteiger charge is 2.19. The Balaban J connectivity index is 2.14. The van der Waals surface area contributed by atoms with Crippen LogP contribution in [0.3, 0.4) is 0 Å². The van der Waals surface area contributed by atoms with Crippen LogP contribution in [0.1, 0.15) is 13.8 Å². The summed E-state index contributed by atoms with van der Waals surface area (Å²) in [5.74, 6) is 0. The molecule has 2 aromatic rings. The van der Waals surface area contributed by atoms with Gasteiger partial charge in [-0.25, -0.2) is 0 Å². The Bertz CT molecular complexity index is 543. The molecule has 1 N–H and O–H groups in total. The van der Waals surface area contributed by atoms with Crippen LogP contribution in [0, 0.1) is 5.41 Å². The highest BCUT2D eigenvalue weighted by molar-refractivity contribution is 5.90. The van der Waals surface area contributed by atoms with Gasteiger partial charge in [0.1, 0.15) is 0 Å². The molecule has 19 heavy (non-hydrogen) atoms. The predicted molar refractivity (Wildman–Crippen MR) is 80.4 cm³/mol. The van der Waals surface area contributed by atoms with Crippen molar-refractivity contribution >= 4 is 16.6 Å². The molecule has 2 rings (SSSR count). The minimum absolute atomic E-state index is 0.202. The van der Waals surface area contributed by atoms with Gasteiger partial charge in [0.2, 0.25) is 0 Å². The molecule has 0 aliphatic rings. The standard InChI is InChI=1S/C15H22N4/c1-15(2,11-19(3)4)10-16-14-9-17-18-13-8-6-5-7-12(13)14/h5-9H,10-11H2,1-4H3,(H,16,18). The van der Waals surface area contributed by atoms with Crippen LogP contribution in [0.15, 0.2) is 30.5 Å². The highest BCUT2D eigenvalue weighted by atomic mass is 15.1. The first-order valence-electron chi connectivity index (χ1n) is 6.57. The fraction of sp³-hybridized carbons (Fsp3) is 0.467. The summed E-state index contributed by atoms with van der Waals surface area (Å²) >= 11 is 0. The van der Waals surface area contributed by atoms with E-state index >= 15 is 0 Å². The number of nitrogens with one attached hydrogen (secondary N) is 1. The normalized spacial score (nSPS) is 12.1. The lowest BCUT2D eigenvalue weighted by Crippen LogP contribution is -2.34. The van der Waals surface area contributed by atoms with Crippen molar-refractivity contribution in [3.63, 3.8) is 0 Å². The SMILES string of the molecule is CN(C)CC(C)(C)CNc1cnnc2ccccc12. The zero-order valence-corrected chi connectivity index (χ0v) is 12.1. The average Bonchev–Trinajstić information content (AvgIpc) is 2.35. The topological polar surface area (TPSA) is 41.0 Å². The summed E-state index contributed by atoms with van der Waals surface area (Å²) in [5.41, 5.74) is 2.18. The second-order valence-corrected chi connectivity index (χ2v) is 6.03. The van der Waals surface area contributed by atoms with Crippen molar-refractivity contribution < 1.29 is 0 Å². The maximum atomic E-state index is 4.14. The number of aromatic nitrogens is 2. The molecule has 0 fully saturated rings. The van der Waals surface area contributed by atoms with E-state index in [1.807, 2.05) is 18.2 Å². The molecule has 102 valence electrons. The molecule has 0 bridgehead atoms. The number of rotatable bonds is 5. The molecule has 0 aliphatic carbocycles. The Labute approximate surface area is 114 Å². The molecule has 1 aromatic heterocycles. The number of hydrogen-bond acceptors (Lipinski definition) is 4. The maximum Gasteiger partial charge on any atom is 0.0950 e. The zero-order chi connectivity index (χ0) is 13.9. The molecule has 0 saturated carbocycles. The van der Waals surface area contributed by atoms with Gasteiger partial charge in [-0.2, -0.15) is 10.2 Å². The van der Waals surface area contributed by atoms with E-state index in [4.69, 9.17) is 0 Å². The number of benzene rings is 1. The van der Waals surface area contributed by atoms with Gasteiger partial charge in [-0.3, -0.25) is 0 Å². The van der Waals surface area contributed by atoms with Crippen LogP contribution in [0.5, 0.6) is 0 Å². The molecule has 0 atom stereocenters. The van der Waals surface area contributed by atoms with E-state index in [1.54, 1.807) is 6.20 Å². The van der Waals surface area contributed by atoms with Gasteiger partial charge in [0.25, 0.3) is 0 Å². The van der Waals surface area contributed by atoms with E-state index in [-0.39, 0.29) is 5.41 Å². The first-order valence-corrected chi connectivity index (χ1v) is 6.57. The van der Waals surface area contributed by atoms with Crippen molar-refractivity contribution in [2.45, 2.75) is 13.8 Å². The van der Waals surface area contributed by atoms with Crippen LogP contribution in [-0.4, -0.2) is 42.3 Å². The van der Waals surface area contributed by atoms with E-state index in [0.717, 1.165) is 29.7 Å². The van der Waals surface area contributed by atoms with Crippen molar-refractivity contribution in [2.24, 2.45) is 5.41 Å². The maximum absolute atomic E-state index is 4.14. The largest absolute Gasteiger partial charge is 0.383 e. The zero-order valence-electron chi connectivity index (χ0n) is 12.1. The lowest BCUT2D eigenvalue weighted by Gasteiger charge is -2.29. The van der Waals surface area contributed by atoms with Gasteiger partial charge in [0.15, 0.2) is 0 Å². The highest BCUT2D eigenvalue weighted by Crippen LogP contribution is 2.22. The summed E-state index contributed by atoms with van der Waals surface area (Å²) in [6.45, 7) is 6.46. The molecule has 0 unspecified atom stereocenters. The molecule has 0 spiro atoms. The summed E-state index contributed by atoms with van der Waals surface area (Å²) in [5, 5.41) is 12.8. The van der Waals surface area contributed by atoms with Crippen LogP contribution in [-0.2, 0) is 0 Å². The van der Waals surface area contributed by atoms with Crippen LogP contribution in [0.25, 0.3) is 10.9 Å². The van der Waals surface area contributed by atoms with E-state index in [0.29, 0.717) is 0 Å². The van der Waals surface area contributed by atoms with Gasteiger partial charge in [0, 0.05) is 18.5 Å². The van der Waals surface area contributed by atoms with Gasteiger partial charge in [-0.05, 0) is 25.6 Å². The number of fused-ring (bicyclic) bond motifs is 1. The molecule has 1 aromatic carbocycles. The Morgan fingerprint density at radius 1 is 1.21 bits per heavy atom. The molecule has 0 saturated heterocycles. The van der Waals surface area contributed by atoms with Crippen LogP contribution >= 0.6 is 0 Å². The third-order valence-electron chi connectivity index (χ3n) is 3.05. The van der Waals surface area contributed by atoms with Gasteiger partial charge in [-0.15, -0.1) is 0 Å². The van der Waals surface area contributed by atoms with Crippen LogP contribution < -0.4 is 5.32 Å². The smallest absolute Gasteiger partial charge is 0.0950 e. The summed E-state index contributed by atoms with van der Waals surface area (Å²) < 4.78 is 0. The van der Waals surface area contributed by atoms with Gasteiger partial charge in [0.05, 0.1) is 17.4 Å². The summed E-state index contributed by atoms with van der Waals surface area (Å²) in [7, 11) is 4.20. The Kier molecular flexibility index (Phi) is 4.00. The third-order valence-corrected chi connectivity index (χ3v) is 3.05. The predicted octanol–water partition coefficient (Wildman–Crippen LogP) is 2.63. The Hall–Kier alpha value is -1.68. The molecule has 4 heteroatoms. The monoisotopic (exact) mass is 258 g/mol. The van der Waals surface area contributed by atoms with Crippen LogP contribution in [0.2, 0.25) is 0 Å². The first kappa shape index (κ1) is 13.7. The fourth-order valence-electron chi connectivity index (χ4n) is 2.39. The van der Waals surface area contributed by atoms with Gasteiger partial charge in [-0.1, -0.05) is 32.0 Å². The lowest BCUT2D eigenvalue weighted by molar-refractivity contribution is 0.254. The van der Waals surface area contributed by atoms with Gasteiger partial charge < -0.3 is 10.2 Å². The average molecular weight is 258 g/mol. The molecule has 1 heterocycles. The van der Waals surface area contributed by atoms with Gasteiger partial charge >= 0.3 is 0 Å². The van der Waals surface area contributed by atoms with Crippen molar-refractivity contribution in [3.8, 4) is 0 Å². The summed E-state index contributed by atoms with van der Waals surface area (Å²) in [4.78, 5) is 2.21. The van der Waals surface area contributed by atoms with E-state index in [1.165, 1.54) is 0 Å². The second-order valence-electron chi connectivity index (χ2n) is 6.03. The van der Waals surface area contributed by atoms with E-state index < -0.39 is 0 Å². The van der Waals surface area contributed by atoms with E-state index in [2.05, 4.69) is 54.4 Å². The number of anilines is 1. The lowest BCUT2D eigenvalue weighted by atomic mass is 9.93. The summed E-state index contributed by atoms with van der Waals surface area (Å²) in [6, 6.07) is 8.07. The van der Waals surface area contributed by atoms with Crippen molar-refractivity contribution in [3.05, 3.63) is 30.5 Å². The third kappa shape index (κ3) is 3.64. The quantitative estimate of drug-likeness (QED) is 0.895. The van der Waals surface area contributed by atoms with E-state index in [9.17, 15) is 0 Å². The summed E-state index contributed by atoms with van der Waals surface area (Å²) in [6.07, 6.45) is 1.80. The minimum atomic E-state index is 0.202. The Morgan fingerprint density at radius 2 is 1.95 bits per heavy atom. The minimum Gasteiger partial charge on any atom is -0.383 e. The van der Waals surface area contributed by atoms with Crippen molar-refractivity contribution in [1.29, 1.82) is 0 Å². The molecule has 0 aliphatic heterocycles. The molecule has 0 amide bonds. The number of hydrogen-bond donors (Lipinski definition) is 1. The molecular formula is C15H22N4. The molecule has 4 nitrogen and oxygen atoms in total. The number of nitrogens with zero attached hydrogens (tertiary/aromatic N) is 3. The molecule has 0 radical (unpaired) electrons. The second kappa shape index (κ2) is 5.53. The van der Waals surface area contributed by atoms with Crippen molar-refractivity contribution in [2.75, 3.05) is 32.5 Å². The first-order chi connectivity index (χ1) is 8.98.